The molecule has 1 atom stereocenters. The fourth-order valence-electron chi connectivity index (χ4n) is 2.80. The minimum absolute atomic E-state index is 0.0388. The third-order valence-corrected chi connectivity index (χ3v) is 5.74. The lowest BCUT2D eigenvalue weighted by Crippen LogP contribution is -2.41. The first kappa shape index (κ1) is 21.5. The Bertz CT molecular complexity index is 1100. The number of likely N-dealkylation sites (N-methyl/N-ethyl adjacent to an activating group) is 1. The van der Waals surface area contributed by atoms with E-state index in [1.165, 1.54) is 7.05 Å². The minimum Gasteiger partial charge on any atom is -0.497 e. The van der Waals surface area contributed by atoms with Gasteiger partial charge in [0.05, 0.1) is 19.9 Å². The van der Waals surface area contributed by atoms with E-state index >= 15 is 0 Å². The van der Waals surface area contributed by atoms with E-state index in [1.54, 1.807) is 61.7 Å². The van der Waals surface area contributed by atoms with Crippen molar-refractivity contribution in [2.24, 2.45) is 0 Å². The lowest BCUT2D eigenvalue weighted by Gasteiger charge is -2.25. The van der Waals surface area contributed by atoms with Crippen LogP contribution in [0.4, 0.5) is 0 Å². The second-order valence-electron chi connectivity index (χ2n) is 6.55. The lowest BCUT2D eigenvalue weighted by atomic mass is 10.1. The Morgan fingerprint density at radius 3 is 2.43 bits per heavy atom. The van der Waals surface area contributed by atoms with Crippen molar-refractivity contribution in [3.05, 3.63) is 66.1 Å². The molecule has 3 aromatic rings. The zero-order valence-corrected chi connectivity index (χ0v) is 17.6. The summed E-state index contributed by atoms with van der Waals surface area (Å²) >= 11 is 0. The third-order valence-electron chi connectivity index (χ3n) is 4.48. The van der Waals surface area contributed by atoms with E-state index in [0.29, 0.717) is 17.1 Å². The van der Waals surface area contributed by atoms with Gasteiger partial charge in [0.2, 0.25) is 27.6 Å². The van der Waals surface area contributed by atoms with Gasteiger partial charge >= 0.3 is 0 Å². The number of hydrogen-bond donors (Lipinski definition) is 1. The largest absolute Gasteiger partial charge is 0.497 e. The summed E-state index contributed by atoms with van der Waals surface area (Å²) in [7, 11) is -0.665. The highest BCUT2D eigenvalue weighted by Gasteiger charge is 2.30. The van der Waals surface area contributed by atoms with Crippen molar-refractivity contribution < 1.29 is 22.5 Å². The smallest absolute Gasteiger partial charge is 0.246 e. The van der Waals surface area contributed by atoms with E-state index in [0.717, 1.165) is 16.1 Å². The van der Waals surface area contributed by atoms with Gasteiger partial charge in [0.1, 0.15) is 11.8 Å². The summed E-state index contributed by atoms with van der Waals surface area (Å²) in [5.74, 6) is 0.771. The normalized spacial score (nSPS) is 12.5. The van der Waals surface area contributed by atoms with E-state index < -0.39 is 22.0 Å². The van der Waals surface area contributed by atoms with Gasteiger partial charge in [-0.25, -0.2) is 8.42 Å². The molecule has 0 aliphatic rings. The van der Waals surface area contributed by atoms with Crippen LogP contribution in [-0.4, -0.2) is 49.2 Å². The number of rotatable bonds is 8. The minimum atomic E-state index is -3.61. The summed E-state index contributed by atoms with van der Waals surface area (Å²) in [5.41, 5.74) is 1.28. The molecule has 158 valence electrons. The Morgan fingerprint density at radius 1 is 1.17 bits per heavy atom. The van der Waals surface area contributed by atoms with Crippen LogP contribution in [0.5, 0.6) is 5.75 Å². The maximum atomic E-state index is 12.8. The van der Waals surface area contributed by atoms with E-state index in [2.05, 4.69) is 15.5 Å². The van der Waals surface area contributed by atoms with E-state index in [4.69, 9.17) is 9.26 Å². The molecule has 0 unspecified atom stereocenters. The number of methoxy groups -OCH3 is 1. The second-order valence-corrected chi connectivity index (χ2v) is 8.59. The first-order valence-corrected chi connectivity index (χ1v) is 10.9. The number of sulfonamides is 1. The van der Waals surface area contributed by atoms with Gasteiger partial charge in [0.25, 0.3) is 0 Å². The van der Waals surface area contributed by atoms with E-state index in [1.807, 2.05) is 0 Å². The molecule has 3 rings (SSSR count). The molecule has 1 amide bonds. The molecule has 0 aliphatic carbocycles. The van der Waals surface area contributed by atoms with Crippen LogP contribution < -0.4 is 10.1 Å². The van der Waals surface area contributed by atoms with Gasteiger partial charge in [0, 0.05) is 12.6 Å². The Hall–Kier alpha value is -3.24. The standard InChI is InChI=1S/C20H22N4O5S/c1-24(30(3,26)27)18(14-7-5-4-6-8-14)20(25)21-13-17-22-19(23-29-17)15-9-11-16(28-2)12-10-15/h4-12,18H,13H2,1-3H3,(H,21,25)/t18-/m1/s1. The third kappa shape index (κ3) is 5.02. The van der Waals surface area contributed by atoms with E-state index in [-0.39, 0.29) is 12.4 Å². The molecule has 1 heterocycles. The number of carbonyl (C=O) groups is 1. The van der Waals surface area contributed by atoms with Crippen molar-refractivity contribution in [2.75, 3.05) is 20.4 Å². The SMILES string of the molecule is COc1ccc(-c2noc(CNC(=O)[C@@H](c3ccccc3)N(C)S(C)(=O)=O)n2)cc1. The van der Waals surface area contributed by atoms with Crippen molar-refractivity contribution in [1.29, 1.82) is 0 Å². The molecule has 1 N–H and O–H groups in total. The number of hydrogen-bond acceptors (Lipinski definition) is 7. The van der Waals surface area contributed by atoms with Gasteiger partial charge in [0.15, 0.2) is 0 Å². The first-order chi connectivity index (χ1) is 14.3. The lowest BCUT2D eigenvalue weighted by molar-refractivity contribution is -0.125. The number of benzene rings is 2. The Labute approximate surface area is 174 Å². The number of nitrogens with zero attached hydrogens (tertiary/aromatic N) is 3. The van der Waals surface area contributed by atoms with Crippen molar-refractivity contribution in [3.63, 3.8) is 0 Å². The van der Waals surface area contributed by atoms with Crippen molar-refractivity contribution >= 4 is 15.9 Å². The van der Waals surface area contributed by atoms with Crippen molar-refractivity contribution in [2.45, 2.75) is 12.6 Å². The van der Waals surface area contributed by atoms with Crippen LogP contribution >= 0.6 is 0 Å². The molecular formula is C20H22N4O5S. The van der Waals surface area contributed by atoms with Crippen LogP contribution in [0.3, 0.4) is 0 Å². The predicted octanol–water partition coefficient (Wildman–Crippen LogP) is 1.99. The molecular weight excluding hydrogens is 408 g/mol. The fourth-order valence-corrected chi connectivity index (χ4v) is 3.40. The number of aromatic nitrogens is 2. The van der Waals surface area contributed by atoms with Gasteiger partial charge in [-0.15, -0.1) is 0 Å². The molecule has 0 saturated heterocycles. The Morgan fingerprint density at radius 2 is 1.83 bits per heavy atom. The number of nitrogens with one attached hydrogen (secondary N) is 1. The summed E-state index contributed by atoms with van der Waals surface area (Å²) in [6, 6.07) is 14.8. The highest BCUT2D eigenvalue weighted by atomic mass is 32.2. The number of ether oxygens (including phenoxy) is 1. The van der Waals surface area contributed by atoms with E-state index in [9.17, 15) is 13.2 Å². The van der Waals surface area contributed by atoms with Gasteiger partial charge in [-0.3, -0.25) is 4.79 Å². The maximum Gasteiger partial charge on any atom is 0.246 e. The molecule has 2 aromatic carbocycles. The number of carbonyl (C=O) groups excluding carboxylic acids is 1. The molecule has 0 aliphatic heterocycles. The highest BCUT2D eigenvalue weighted by molar-refractivity contribution is 7.88. The zero-order chi connectivity index (χ0) is 21.7. The molecule has 0 bridgehead atoms. The van der Waals surface area contributed by atoms with Crippen LogP contribution in [0, 0.1) is 0 Å². The van der Waals surface area contributed by atoms with Crippen molar-refractivity contribution in [1.82, 2.24) is 19.8 Å². The van der Waals surface area contributed by atoms with Crippen LogP contribution in [0.15, 0.2) is 59.1 Å². The Kier molecular flexibility index (Phi) is 6.48. The average Bonchev–Trinajstić information content (AvgIpc) is 3.21. The van der Waals surface area contributed by atoms with Crippen LogP contribution in [0.25, 0.3) is 11.4 Å². The summed E-state index contributed by atoms with van der Waals surface area (Å²) in [4.78, 5) is 17.1. The second kappa shape index (κ2) is 9.06. The van der Waals surface area contributed by atoms with Gasteiger partial charge in [-0.05, 0) is 29.8 Å². The van der Waals surface area contributed by atoms with Gasteiger partial charge in [-0.2, -0.15) is 9.29 Å². The molecule has 0 fully saturated rings. The summed E-state index contributed by atoms with van der Waals surface area (Å²) in [6.45, 7) is -0.0388. The predicted molar refractivity (Wildman–Crippen MR) is 110 cm³/mol. The van der Waals surface area contributed by atoms with Crippen LogP contribution in [0.1, 0.15) is 17.5 Å². The summed E-state index contributed by atoms with van der Waals surface area (Å²) in [6.07, 6.45) is 1.05. The molecule has 1 aromatic heterocycles. The Balaban J connectivity index is 1.73. The summed E-state index contributed by atoms with van der Waals surface area (Å²) in [5, 5.41) is 6.59. The molecule has 0 saturated carbocycles. The topological polar surface area (TPSA) is 115 Å². The molecule has 0 radical (unpaired) electrons. The van der Waals surface area contributed by atoms with Crippen LogP contribution in [-0.2, 0) is 21.4 Å². The quantitative estimate of drug-likeness (QED) is 0.581. The molecule has 30 heavy (non-hydrogen) atoms. The number of amides is 1. The first-order valence-electron chi connectivity index (χ1n) is 9.02. The van der Waals surface area contributed by atoms with Crippen LogP contribution in [0.2, 0.25) is 0 Å². The zero-order valence-electron chi connectivity index (χ0n) is 16.8. The fraction of sp³-hybridized carbons (Fsp3) is 0.250. The summed E-state index contributed by atoms with van der Waals surface area (Å²) < 4.78 is 35.4. The molecule has 10 heteroatoms. The monoisotopic (exact) mass is 430 g/mol. The van der Waals surface area contributed by atoms with Gasteiger partial charge < -0.3 is 14.6 Å². The highest BCUT2D eigenvalue weighted by Crippen LogP contribution is 2.23. The average molecular weight is 430 g/mol. The van der Waals surface area contributed by atoms with Crippen molar-refractivity contribution in [3.8, 4) is 17.1 Å². The molecule has 9 nitrogen and oxygen atoms in total. The maximum absolute atomic E-state index is 12.8. The van der Waals surface area contributed by atoms with Gasteiger partial charge in [-0.1, -0.05) is 35.5 Å². The molecule has 0 spiro atoms.